The van der Waals surface area contributed by atoms with Crippen LogP contribution in [0.15, 0.2) is 71.1 Å². The van der Waals surface area contributed by atoms with E-state index in [2.05, 4.69) is 27.5 Å². The molecule has 0 aromatic heterocycles. The number of benzene rings is 2. The van der Waals surface area contributed by atoms with E-state index in [1.165, 1.54) is 19.2 Å². The minimum Gasteiger partial charge on any atom is -0.495 e. The number of amides is 1. The van der Waals surface area contributed by atoms with Crippen molar-refractivity contribution in [2.75, 3.05) is 19.5 Å². The molecule has 1 amide bonds. The summed E-state index contributed by atoms with van der Waals surface area (Å²) in [5, 5.41) is 18.6. The average molecular weight is 472 g/mol. The zero-order chi connectivity index (χ0) is 24.5. The van der Waals surface area contributed by atoms with Gasteiger partial charge >= 0.3 is 5.97 Å². The van der Waals surface area contributed by atoms with Gasteiger partial charge in [-0.3, -0.25) is 9.79 Å². The summed E-state index contributed by atoms with van der Waals surface area (Å²) in [5.74, 6) is -0.487. The van der Waals surface area contributed by atoms with Crippen LogP contribution in [0.5, 0.6) is 5.75 Å². The summed E-state index contributed by atoms with van der Waals surface area (Å²) in [4.78, 5) is 27.0. The minimum atomic E-state index is -0.998. The molecule has 10 heteroatoms. The fraction of sp³-hybridized carbons (Fsp3) is 0.174. The quantitative estimate of drug-likeness (QED) is 0.215. The van der Waals surface area contributed by atoms with E-state index in [4.69, 9.17) is 27.2 Å². The molecule has 2 aromatic rings. The van der Waals surface area contributed by atoms with Gasteiger partial charge in [0.25, 0.3) is 0 Å². The van der Waals surface area contributed by atoms with Crippen LogP contribution in [0.25, 0.3) is 0 Å². The molecular weight excluding hydrogens is 446 g/mol. The number of aliphatic imine (C=N–C) groups is 1. The zero-order valence-corrected chi connectivity index (χ0v) is 19.3. The number of hydrogen-bond donors (Lipinski definition) is 5. The molecule has 0 aliphatic heterocycles. The van der Waals surface area contributed by atoms with Crippen LogP contribution in [0.2, 0.25) is 5.02 Å². The number of carboxylic acids is 1. The second kappa shape index (κ2) is 11.6. The van der Waals surface area contributed by atoms with E-state index in [0.717, 1.165) is 5.56 Å². The van der Waals surface area contributed by atoms with E-state index in [0.29, 0.717) is 40.4 Å². The molecule has 0 aliphatic carbocycles. The maximum absolute atomic E-state index is 11.8. The first-order valence-electron chi connectivity index (χ1n) is 9.76. The molecule has 0 unspecified atom stereocenters. The highest BCUT2D eigenvalue weighted by molar-refractivity contribution is 6.32. The summed E-state index contributed by atoms with van der Waals surface area (Å²) in [7, 11) is 3.09. The maximum atomic E-state index is 11.8. The first-order valence-corrected chi connectivity index (χ1v) is 10.1. The zero-order valence-electron chi connectivity index (χ0n) is 18.5. The number of carbonyl (C=O) groups excluding carboxylic acids is 1. The molecule has 0 bridgehead atoms. The second-order valence-electron chi connectivity index (χ2n) is 6.94. The Morgan fingerprint density at radius 2 is 1.85 bits per heavy atom. The number of aromatic carboxylic acids is 1. The lowest BCUT2D eigenvalue weighted by Gasteiger charge is -2.19. The molecule has 0 heterocycles. The van der Waals surface area contributed by atoms with Crippen molar-refractivity contribution in [2.24, 2.45) is 10.7 Å². The SMILES string of the molecule is C=C(Cc1ccc(C(=O)O)cc1)N/C(NC(=NC)Nc1ccc(OC)c(Cl)c1)=C(\C)C(N)=O. The van der Waals surface area contributed by atoms with Gasteiger partial charge in [-0.1, -0.05) is 30.3 Å². The Balaban J connectivity index is 2.16. The van der Waals surface area contributed by atoms with Gasteiger partial charge in [-0.25, -0.2) is 4.79 Å². The van der Waals surface area contributed by atoms with Crippen molar-refractivity contribution in [3.8, 4) is 5.75 Å². The molecule has 0 saturated carbocycles. The van der Waals surface area contributed by atoms with Gasteiger partial charge in [-0.05, 0) is 42.8 Å². The van der Waals surface area contributed by atoms with E-state index in [9.17, 15) is 9.59 Å². The summed E-state index contributed by atoms with van der Waals surface area (Å²) >= 11 is 6.17. The van der Waals surface area contributed by atoms with Crippen molar-refractivity contribution in [3.05, 3.63) is 82.3 Å². The number of carbonyl (C=O) groups is 2. The Hall–Kier alpha value is -3.98. The number of nitrogens with one attached hydrogen (secondary N) is 3. The van der Waals surface area contributed by atoms with Crippen LogP contribution in [0.4, 0.5) is 5.69 Å². The van der Waals surface area contributed by atoms with E-state index in [1.807, 2.05) is 0 Å². The molecule has 0 aliphatic rings. The second-order valence-corrected chi connectivity index (χ2v) is 7.35. The van der Waals surface area contributed by atoms with Crippen LogP contribution in [0.1, 0.15) is 22.8 Å². The van der Waals surface area contributed by atoms with E-state index in [1.54, 1.807) is 44.3 Å². The fourth-order valence-corrected chi connectivity index (χ4v) is 2.97. The third-order valence-corrected chi connectivity index (χ3v) is 4.84. The van der Waals surface area contributed by atoms with Gasteiger partial charge < -0.3 is 31.5 Å². The largest absolute Gasteiger partial charge is 0.495 e. The van der Waals surface area contributed by atoms with Crippen molar-refractivity contribution in [2.45, 2.75) is 13.3 Å². The minimum absolute atomic E-state index is 0.192. The molecule has 0 saturated heterocycles. The number of ether oxygens (including phenoxy) is 1. The molecule has 0 atom stereocenters. The highest BCUT2D eigenvalue weighted by Gasteiger charge is 2.13. The summed E-state index contributed by atoms with van der Waals surface area (Å²) in [6, 6.07) is 11.6. The van der Waals surface area contributed by atoms with Gasteiger partial charge in [0.05, 0.1) is 23.3 Å². The number of rotatable bonds is 9. The van der Waals surface area contributed by atoms with Crippen molar-refractivity contribution >= 4 is 35.1 Å². The number of nitrogens with zero attached hydrogens (tertiary/aromatic N) is 1. The molecule has 0 radical (unpaired) electrons. The average Bonchev–Trinajstić information content (AvgIpc) is 2.77. The third-order valence-electron chi connectivity index (χ3n) is 4.55. The van der Waals surface area contributed by atoms with E-state index >= 15 is 0 Å². The summed E-state index contributed by atoms with van der Waals surface area (Å²) < 4.78 is 5.15. The van der Waals surface area contributed by atoms with E-state index in [-0.39, 0.29) is 11.1 Å². The van der Waals surface area contributed by atoms with Crippen LogP contribution in [-0.2, 0) is 11.2 Å². The number of guanidine groups is 1. The van der Waals surface area contributed by atoms with Gasteiger partial charge in [-0.15, -0.1) is 0 Å². The summed E-state index contributed by atoms with van der Waals surface area (Å²) in [6.07, 6.45) is 0.386. The molecule has 0 fully saturated rings. The number of methoxy groups -OCH3 is 1. The highest BCUT2D eigenvalue weighted by atomic mass is 35.5. The third kappa shape index (κ3) is 7.29. The number of anilines is 1. The molecule has 6 N–H and O–H groups in total. The molecule has 0 spiro atoms. The lowest BCUT2D eigenvalue weighted by molar-refractivity contribution is -0.114. The lowest BCUT2D eigenvalue weighted by Crippen LogP contribution is -2.38. The van der Waals surface area contributed by atoms with Gasteiger partial charge in [0.15, 0.2) is 0 Å². The van der Waals surface area contributed by atoms with Crippen LogP contribution >= 0.6 is 11.6 Å². The van der Waals surface area contributed by atoms with Crippen molar-refractivity contribution in [3.63, 3.8) is 0 Å². The van der Waals surface area contributed by atoms with Crippen molar-refractivity contribution in [1.82, 2.24) is 10.6 Å². The molecule has 174 valence electrons. The van der Waals surface area contributed by atoms with Gasteiger partial charge in [0, 0.05) is 24.9 Å². The predicted molar refractivity (Wildman–Crippen MR) is 129 cm³/mol. The van der Waals surface area contributed by atoms with Crippen LogP contribution in [0.3, 0.4) is 0 Å². The predicted octanol–water partition coefficient (Wildman–Crippen LogP) is 3.10. The molecule has 33 heavy (non-hydrogen) atoms. The smallest absolute Gasteiger partial charge is 0.335 e. The number of halogens is 1. The van der Waals surface area contributed by atoms with Crippen molar-refractivity contribution < 1.29 is 19.4 Å². The Kier molecular flexibility index (Phi) is 8.88. The maximum Gasteiger partial charge on any atom is 0.335 e. The Bertz CT molecular complexity index is 1110. The topological polar surface area (TPSA) is 138 Å². The van der Waals surface area contributed by atoms with Crippen LogP contribution in [-0.4, -0.2) is 37.1 Å². The number of primary amides is 1. The fourth-order valence-electron chi connectivity index (χ4n) is 2.72. The highest BCUT2D eigenvalue weighted by Crippen LogP contribution is 2.27. The standard InChI is InChI=1S/C23H26ClN5O4/c1-13(11-15-5-7-16(8-6-15)22(31)32)27-21(14(2)20(25)30)29-23(26-3)28-17-9-10-19(33-4)18(24)12-17/h5-10,12,27H,1,11H2,2-4H3,(H2,25,30)(H,31,32)(H2,26,28,29)/b21-14-. The molecular formula is C23H26ClN5O4. The van der Waals surface area contributed by atoms with Crippen molar-refractivity contribution in [1.29, 1.82) is 0 Å². The van der Waals surface area contributed by atoms with Gasteiger partial charge in [-0.2, -0.15) is 0 Å². The number of hydrogen-bond acceptors (Lipinski definition) is 5. The Morgan fingerprint density at radius 3 is 2.36 bits per heavy atom. The number of nitrogens with two attached hydrogens (primary N) is 1. The molecule has 2 aromatic carbocycles. The van der Waals surface area contributed by atoms with Gasteiger partial charge in [0.1, 0.15) is 11.6 Å². The molecule has 9 nitrogen and oxygen atoms in total. The van der Waals surface area contributed by atoms with Crippen LogP contribution < -0.4 is 26.4 Å². The number of carboxylic acid groups (broad SMARTS) is 1. The lowest BCUT2D eigenvalue weighted by atomic mass is 10.1. The Labute approximate surface area is 197 Å². The number of allylic oxidation sites excluding steroid dienone is 1. The van der Waals surface area contributed by atoms with Gasteiger partial charge in [0.2, 0.25) is 11.9 Å². The first-order chi connectivity index (χ1) is 15.6. The van der Waals surface area contributed by atoms with E-state index < -0.39 is 11.9 Å². The van der Waals surface area contributed by atoms with Crippen LogP contribution in [0, 0.1) is 0 Å². The first kappa shape index (κ1) is 25.3. The summed E-state index contributed by atoms with van der Waals surface area (Å²) in [6.45, 7) is 5.55. The monoisotopic (exact) mass is 471 g/mol. The molecule has 2 rings (SSSR count). The Morgan fingerprint density at radius 1 is 1.18 bits per heavy atom. The summed E-state index contributed by atoms with van der Waals surface area (Å²) in [5.41, 5.74) is 7.92. The normalized spacial score (nSPS) is 11.8.